The molecule has 0 atom stereocenters. The van der Waals surface area contributed by atoms with Crippen molar-refractivity contribution in [1.82, 2.24) is 9.80 Å². The van der Waals surface area contributed by atoms with E-state index in [1.165, 1.54) is 30.6 Å². The van der Waals surface area contributed by atoms with Gasteiger partial charge in [-0.05, 0) is 25.0 Å². The number of hydrogen-bond donors (Lipinski definition) is 0. The minimum atomic E-state index is 0.287. The first-order valence-electron chi connectivity index (χ1n) is 8.02. The van der Waals surface area contributed by atoms with Gasteiger partial charge in [0.05, 0.1) is 5.75 Å². The lowest BCUT2D eigenvalue weighted by molar-refractivity contribution is -0.130. The molecule has 1 heterocycles. The molecule has 0 bridgehead atoms. The average Bonchev–Trinajstić information content (AvgIpc) is 3.08. The summed E-state index contributed by atoms with van der Waals surface area (Å²) in [6, 6.07) is 11.0. The second-order valence-electron chi connectivity index (χ2n) is 5.96. The minimum absolute atomic E-state index is 0.287. The van der Waals surface area contributed by atoms with E-state index in [9.17, 15) is 4.79 Å². The van der Waals surface area contributed by atoms with Gasteiger partial charge in [0.15, 0.2) is 0 Å². The molecule has 0 spiro atoms. The summed E-state index contributed by atoms with van der Waals surface area (Å²) in [4.78, 5) is 18.1. The number of carbonyl (C=O) groups is 1. The lowest BCUT2D eigenvalue weighted by Gasteiger charge is -2.38. The van der Waals surface area contributed by atoms with Gasteiger partial charge in [0.1, 0.15) is 0 Å². The third kappa shape index (κ3) is 4.01. The molecule has 3 nitrogen and oxygen atoms in total. The number of rotatable bonds is 4. The molecule has 0 radical (unpaired) electrons. The highest BCUT2D eigenvalue weighted by Gasteiger charge is 2.27. The van der Waals surface area contributed by atoms with Crippen molar-refractivity contribution in [2.24, 2.45) is 0 Å². The Hall–Kier alpha value is -1.00. The molecule has 1 amide bonds. The third-order valence-electron chi connectivity index (χ3n) is 4.61. The Balaban J connectivity index is 1.42. The summed E-state index contributed by atoms with van der Waals surface area (Å²) in [5.74, 6) is 0.850. The first-order valence-corrected chi connectivity index (χ1v) is 9.01. The lowest BCUT2D eigenvalue weighted by atomic mass is 10.2. The van der Waals surface area contributed by atoms with Crippen LogP contribution in [0.25, 0.3) is 0 Å². The molecular weight excluding hydrogens is 280 g/mol. The maximum Gasteiger partial charge on any atom is 0.233 e. The fraction of sp³-hybridized carbons (Fsp3) is 0.588. The number of hydrogen-bond acceptors (Lipinski definition) is 3. The number of piperazine rings is 1. The van der Waals surface area contributed by atoms with E-state index >= 15 is 0 Å². The van der Waals surface area contributed by atoms with E-state index in [2.05, 4.69) is 17.0 Å². The Morgan fingerprint density at radius 3 is 2.38 bits per heavy atom. The zero-order valence-electron chi connectivity index (χ0n) is 12.5. The standard InChI is InChI=1S/C17H24N2OS/c20-17(14-21-16-8-2-1-3-9-16)19-12-10-18(11-13-19)15-6-4-5-7-15/h1-3,8-9,15H,4-7,10-14H2. The largest absolute Gasteiger partial charge is 0.339 e. The van der Waals surface area contributed by atoms with Gasteiger partial charge in [0.2, 0.25) is 5.91 Å². The summed E-state index contributed by atoms with van der Waals surface area (Å²) in [7, 11) is 0. The maximum atomic E-state index is 12.3. The molecule has 1 aromatic carbocycles. The van der Waals surface area contributed by atoms with Gasteiger partial charge in [-0.15, -0.1) is 11.8 Å². The SMILES string of the molecule is O=C(CSc1ccccc1)N1CCN(C2CCCC2)CC1. The molecule has 1 saturated carbocycles. The van der Waals surface area contributed by atoms with Crippen LogP contribution in [0.15, 0.2) is 35.2 Å². The molecule has 21 heavy (non-hydrogen) atoms. The van der Waals surface area contributed by atoms with Crippen LogP contribution >= 0.6 is 11.8 Å². The number of thioether (sulfide) groups is 1. The molecule has 1 aliphatic heterocycles. The predicted molar refractivity (Wildman–Crippen MR) is 87.6 cm³/mol. The normalized spacial score (nSPS) is 20.9. The number of benzene rings is 1. The highest BCUT2D eigenvalue weighted by atomic mass is 32.2. The molecule has 2 fully saturated rings. The molecule has 0 unspecified atom stereocenters. The molecule has 3 rings (SSSR count). The fourth-order valence-corrected chi connectivity index (χ4v) is 4.18. The summed E-state index contributed by atoms with van der Waals surface area (Å²) in [5.41, 5.74) is 0. The van der Waals surface area contributed by atoms with Gasteiger partial charge in [-0.2, -0.15) is 0 Å². The summed E-state index contributed by atoms with van der Waals surface area (Å²) in [6.07, 6.45) is 5.49. The fourth-order valence-electron chi connectivity index (χ4n) is 3.36. The van der Waals surface area contributed by atoms with E-state index in [-0.39, 0.29) is 5.91 Å². The van der Waals surface area contributed by atoms with Gasteiger partial charge in [0.25, 0.3) is 0 Å². The molecule has 1 saturated heterocycles. The predicted octanol–water partition coefficient (Wildman–Crippen LogP) is 2.87. The van der Waals surface area contributed by atoms with Crippen molar-refractivity contribution in [3.05, 3.63) is 30.3 Å². The van der Waals surface area contributed by atoms with E-state index < -0.39 is 0 Å². The Labute approximate surface area is 131 Å². The Morgan fingerprint density at radius 2 is 1.71 bits per heavy atom. The zero-order valence-corrected chi connectivity index (χ0v) is 13.4. The second kappa shape index (κ2) is 7.32. The Morgan fingerprint density at radius 1 is 1.05 bits per heavy atom. The highest BCUT2D eigenvalue weighted by molar-refractivity contribution is 8.00. The first kappa shape index (κ1) is 14.9. The second-order valence-corrected chi connectivity index (χ2v) is 7.01. The van der Waals surface area contributed by atoms with E-state index in [1.54, 1.807) is 11.8 Å². The topological polar surface area (TPSA) is 23.6 Å². The maximum absolute atomic E-state index is 12.3. The molecule has 4 heteroatoms. The summed E-state index contributed by atoms with van der Waals surface area (Å²) in [5, 5.41) is 0. The summed E-state index contributed by atoms with van der Waals surface area (Å²) in [6.45, 7) is 3.94. The molecule has 2 aliphatic rings. The lowest BCUT2D eigenvalue weighted by Crippen LogP contribution is -2.51. The smallest absolute Gasteiger partial charge is 0.233 e. The van der Waals surface area contributed by atoms with Gasteiger partial charge in [-0.25, -0.2) is 0 Å². The Bertz CT molecular complexity index is 451. The van der Waals surface area contributed by atoms with Crippen molar-refractivity contribution in [1.29, 1.82) is 0 Å². The van der Waals surface area contributed by atoms with Crippen LogP contribution in [0.1, 0.15) is 25.7 Å². The average molecular weight is 304 g/mol. The van der Waals surface area contributed by atoms with Crippen LogP contribution in [-0.4, -0.2) is 53.7 Å². The Kier molecular flexibility index (Phi) is 5.20. The molecule has 1 aromatic rings. The molecule has 114 valence electrons. The van der Waals surface area contributed by atoms with Crippen LogP contribution in [0, 0.1) is 0 Å². The first-order chi connectivity index (χ1) is 10.3. The van der Waals surface area contributed by atoms with Gasteiger partial charge in [-0.3, -0.25) is 9.69 Å². The number of nitrogens with zero attached hydrogens (tertiary/aromatic N) is 2. The third-order valence-corrected chi connectivity index (χ3v) is 5.61. The van der Waals surface area contributed by atoms with E-state index in [1.807, 2.05) is 23.1 Å². The van der Waals surface area contributed by atoms with Crippen LogP contribution in [0.5, 0.6) is 0 Å². The van der Waals surface area contributed by atoms with Crippen molar-refractivity contribution in [3.8, 4) is 0 Å². The van der Waals surface area contributed by atoms with Crippen molar-refractivity contribution in [2.75, 3.05) is 31.9 Å². The number of amides is 1. The van der Waals surface area contributed by atoms with Crippen LogP contribution in [0.3, 0.4) is 0 Å². The van der Waals surface area contributed by atoms with E-state index in [0.29, 0.717) is 5.75 Å². The van der Waals surface area contributed by atoms with Crippen molar-refractivity contribution in [2.45, 2.75) is 36.6 Å². The van der Waals surface area contributed by atoms with Crippen LogP contribution in [0.4, 0.5) is 0 Å². The van der Waals surface area contributed by atoms with Crippen molar-refractivity contribution >= 4 is 17.7 Å². The summed E-state index contributed by atoms with van der Waals surface area (Å²) < 4.78 is 0. The van der Waals surface area contributed by atoms with Crippen LogP contribution in [-0.2, 0) is 4.79 Å². The highest BCUT2D eigenvalue weighted by Crippen LogP contribution is 2.24. The monoisotopic (exact) mass is 304 g/mol. The molecule has 1 aliphatic carbocycles. The van der Waals surface area contributed by atoms with Crippen LogP contribution in [0.2, 0.25) is 0 Å². The van der Waals surface area contributed by atoms with Gasteiger partial charge in [0, 0.05) is 37.1 Å². The minimum Gasteiger partial charge on any atom is -0.339 e. The van der Waals surface area contributed by atoms with Crippen molar-refractivity contribution < 1.29 is 4.79 Å². The van der Waals surface area contributed by atoms with Crippen LogP contribution < -0.4 is 0 Å². The van der Waals surface area contributed by atoms with E-state index in [4.69, 9.17) is 0 Å². The quantitative estimate of drug-likeness (QED) is 0.799. The number of carbonyl (C=O) groups excluding carboxylic acids is 1. The van der Waals surface area contributed by atoms with Gasteiger partial charge >= 0.3 is 0 Å². The van der Waals surface area contributed by atoms with Crippen molar-refractivity contribution in [3.63, 3.8) is 0 Å². The zero-order chi connectivity index (χ0) is 14.5. The summed E-state index contributed by atoms with van der Waals surface area (Å²) >= 11 is 1.64. The van der Waals surface area contributed by atoms with E-state index in [0.717, 1.165) is 32.2 Å². The van der Waals surface area contributed by atoms with Gasteiger partial charge in [-0.1, -0.05) is 31.0 Å². The molecular formula is C17H24N2OS. The van der Waals surface area contributed by atoms with Gasteiger partial charge < -0.3 is 4.90 Å². The molecule has 0 aromatic heterocycles. The molecule has 0 N–H and O–H groups in total.